The minimum atomic E-state index is -0.218. The molecule has 0 spiro atoms. The summed E-state index contributed by atoms with van der Waals surface area (Å²) in [5.74, 6) is -0.193. The van der Waals surface area contributed by atoms with Crippen molar-refractivity contribution in [3.8, 4) is 0 Å². The number of halogens is 1. The number of hydrogen-bond donors (Lipinski definition) is 1. The molecular formula is C16H26FN3. The van der Waals surface area contributed by atoms with Gasteiger partial charge in [-0.25, -0.2) is 4.39 Å². The van der Waals surface area contributed by atoms with E-state index in [-0.39, 0.29) is 11.9 Å². The average Bonchev–Trinajstić information content (AvgIpc) is 2.45. The third-order valence-corrected chi connectivity index (χ3v) is 4.41. The summed E-state index contributed by atoms with van der Waals surface area (Å²) in [4.78, 5) is 4.75. The molecule has 1 unspecified atom stereocenters. The lowest BCUT2D eigenvalue weighted by molar-refractivity contribution is 0.141. The Morgan fingerprint density at radius 2 is 2.00 bits per heavy atom. The summed E-state index contributed by atoms with van der Waals surface area (Å²) >= 11 is 0. The molecule has 2 N–H and O–H groups in total. The van der Waals surface area contributed by atoms with Gasteiger partial charge in [0, 0.05) is 17.6 Å². The van der Waals surface area contributed by atoms with Crippen molar-refractivity contribution in [3.63, 3.8) is 0 Å². The Hall–Kier alpha value is -0.970. The van der Waals surface area contributed by atoms with E-state index < -0.39 is 0 Å². The fraction of sp³-hybridized carbons (Fsp3) is 0.625. The zero-order chi connectivity index (χ0) is 14.5. The van der Waals surface area contributed by atoms with Crippen LogP contribution >= 0.6 is 0 Å². The Balaban J connectivity index is 1.81. The molecule has 4 heteroatoms. The smallest absolute Gasteiger partial charge is 0.127 e. The Kier molecular flexibility index (Phi) is 5.52. The maximum atomic E-state index is 13.7. The van der Waals surface area contributed by atoms with Crippen LogP contribution in [-0.4, -0.2) is 49.6 Å². The van der Waals surface area contributed by atoms with Crippen molar-refractivity contribution in [2.24, 2.45) is 5.73 Å². The Labute approximate surface area is 121 Å². The number of benzene rings is 1. The highest BCUT2D eigenvalue weighted by Crippen LogP contribution is 2.20. The standard InChI is InChI=1S/C16H26FN3/c1-19-10-7-13(8-11-19)20(2)12-9-16(18)14-5-3-4-6-15(14)17/h3-6,13,16H,7-12,18H2,1-2H3. The van der Waals surface area contributed by atoms with Gasteiger partial charge in [0.2, 0.25) is 0 Å². The number of nitrogens with zero attached hydrogens (tertiary/aromatic N) is 2. The zero-order valence-electron chi connectivity index (χ0n) is 12.6. The van der Waals surface area contributed by atoms with Gasteiger partial charge in [-0.1, -0.05) is 18.2 Å². The van der Waals surface area contributed by atoms with Gasteiger partial charge in [0.15, 0.2) is 0 Å². The first-order valence-corrected chi connectivity index (χ1v) is 7.46. The average molecular weight is 279 g/mol. The van der Waals surface area contributed by atoms with Crippen LogP contribution in [0.3, 0.4) is 0 Å². The van der Waals surface area contributed by atoms with E-state index in [2.05, 4.69) is 23.9 Å². The van der Waals surface area contributed by atoms with E-state index in [1.54, 1.807) is 12.1 Å². The van der Waals surface area contributed by atoms with Crippen molar-refractivity contribution in [2.45, 2.75) is 31.3 Å². The maximum absolute atomic E-state index is 13.7. The molecular weight excluding hydrogens is 253 g/mol. The minimum absolute atomic E-state index is 0.193. The molecule has 2 rings (SSSR count). The van der Waals surface area contributed by atoms with Gasteiger partial charge in [0.1, 0.15) is 5.82 Å². The van der Waals surface area contributed by atoms with Crippen molar-refractivity contribution in [2.75, 3.05) is 33.7 Å². The van der Waals surface area contributed by atoms with Crippen LogP contribution in [0, 0.1) is 5.82 Å². The predicted molar refractivity (Wildman–Crippen MR) is 81.1 cm³/mol. The summed E-state index contributed by atoms with van der Waals surface area (Å²) in [5, 5.41) is 0. The third-order valence-electron chi connectivity index (χ3n) is 4.41. The van der Waals surface area contributed by atoms with Crippen molar-refractivity contribution in [1.29, 1.82) is 0 Å². The largest absolute Gasteiger partial charge is 0.324 e. The molecule has 0 aliphatic carbocycles. The van der Waals surface area contributed by atoms with Gasteiger partial charge < -0.3 is 15.5 Å². The SMILES string of the molecule is CN1CCC(N(C)CCC(N)c2ccccc2F)CC1. The van der Waals surface area contributed by atoms with E-state index in [0.717, 1.165) is 26.1 Å². The molecule has 1 saturated heterocycles. The number of nitrogens with two attached hydrogens (primary N) is 1. The molecule has 3 nitrogen and oxygen atoms in total. The van der Waals surface area contributed by atoms with Crippen LogP contribution in [0.25, 0.3) is 0 Å². The fourth-order valence-corrected chi connectivity index (χ4v) is 2.89. The van der Waals surface area contributed by atoms with Crippen molar-refractivity contribution < 1.29 is 4.39 Å². The summed E-state index contributed by atoms with van der Waals surface area (Å²) in [6.45, 7) is 3.24. The Morgan fingerprint density at radius 1 is 1.35 bits per heavy atom. The van der Waals surface area contributed by atoms with Gasteiger partial charge in [-0.2, -0.15) is 0 Å². The van der Waals surface area contributed by atoms with Gasteiger partial charge in [-0.05, 0) is 59.1 Å². The third kappa shape index (κ3) is 4.01. The molecule has 20 heavy (non-hydrogen) atoms. The molecule has 0 bridgehead atoms. The second-order valence-corrected chi connectivity index (χ2v) is 5.93. The molecule has 112 valence electrons. The van der Waals surface area contributed by atoms with E-state index in [9.17, 15) is 4.39 Å². The Morgan fingerprint density at radius 3 is 2.65 bits per heavy atom. The minimum Gasteiger partial charge on any atom is -0.324 e. The van der Waals surface area contributed by atoms with Crippen LogP contribution in [0.2, 0.25) is 0 Å². The van der Waals surface area contributed by atoms with Crippen LogP contribution in [0.15, 0.2) is 24.3 Å². The monoisotopic (exact) mass is 279 g/mol. The van der Waals surface area contributed by atoms with Gasteiger partial charge in [0.05, 0.1) is 0 Å². The van der Waals surface area contributed by atoms with Crippen molar-refractivity contribution >= 4 is 0 Å². The second kappa shape index (κ2) is 7.16. The lowest BCUT2D eigenvalue weighted by Crippen LogP contribution is -2.42. The van der Waals surface area contributed by atoms with E-state index >= 15 is 0 Å². The molecule has 1 aliphatic rings. The summed E-state index contributed by atoms with van der Waals surface area (Å²) in [7, 11) is 4.33. The van der Waals surface area contributed by atoms with E-state index in [1.165, 1.54) is 18.9 Å². The topological polar surface area (TPSA) is 32.5 Å². The summed E-state index contributed by atoms with van der Waals surface area (Å²) in [6, 6.07) is 7.24. The van der Waals surface area contributed by atoms with Gasteiger partial charge in [-0.15, -0.1) is 0 Å². The van der Waals surface area contributed by atoms with Crippen molar-refractivity contribution in [1.82, 2.24) is 9.80 Å². The van der Waals surface area contributed by atoms with Gasteiger partial charge in [-0.3, -0.25) is 0 Å². The van der Waals surface area contributed by atoms with Gasteiger partial charge in [0.25, 0.3) is 0 Å². The van der Waals surface area contributed by atoms with E-state index in [0.29, 0.717) is 11.6 Å². The zero-order valence-corrected chi connectivity index (χ0v) is 12.6. The second-order valence-electron chi connectivity index (χ2n) is 5.93. The first-order chi connectivity index (χ1) is 9.58. The lowest BCUT2D eigenvalue weighted by Gasteiger charge is -2.35. The lowest BCUT2D eigenvalue weighted by atomic mass is 10.0. The first kappa shape index (κ1) is 15.4. The molecule has 1 fully saturated rings. The summed E-state index contributed by atoms with van der Waals surface area (Å²) in [6.07, 6.45) is 3.22. The number of rotatable bonds is 5. The molecule has 1 aromatic carbocycles. The van der Waals surface area contributed by atoms with Crippen molar-refractivity contribution in [3.05, 3.63) is 35.6 Å². The number of piperidine rings is 1. The quantitative estimate of drug-likeness (QED) is 0.897. The van der Waals surface area contributed by atoms with Crippen LogP contribution < -0.4 is 5.73 Å². The fourth-order valence-electron chi connectivity index (χ4n) is 2.89. The van der Waals surface area contributed by atoms with Crippen LogP contribution in [0.1, 0.15) is 30.9 Å². The van der Waals surface area contributed by atoms with Crippen LogP contribution in [0.5, 0.6) is 0 Å². The van der Waals surface area contributed by atoms with Crippen LogP contribution in [-0.2, 0) is 0 Å². The van der Waals surface area contributed by atoms with E-state index in [1.807, 2.05) is 6.07 Å². The molecule has 1 aromatic rings. The number of hydrogen-bond acceptors (Lipinski definition) is 3. The first-order valence-electron chi connectivity index (χ1n) is 7.46. The number of likely N-dealkylation sites (tertiary alicyclic amines) is 1. The predicted octanol–water partition coefficient (Wildman–Crippen LogP) is 2.24. The molecule has 1 atom stereocenters. The van der Waals surface area contributed by atoms with E-state index in [4.69, 9.17) is 5.73 Å². The molecule has 0 saturated carbocycles. The summed E-state index contributed by atoms with van der Waals surface area (Å²) < 4.78 is 13.7. The normalized spacial score (nSPS) is 19.4. The van der Waals surface area contributed by atoms with Crippen LogP contribution in [0.4, 0.5) is 4.39 Å². The highest BCUT2D eigenvalue weighted by atomic mass is 19.1. The molecule has 0 aromatic heterocycles. The molecule has 1 heterocycles. The summed E-state index contributed by atoms with van der Waals surface area (Å²) in [5.41, 5.74) is 6.75. The molecule has 0 amide bonds. The molecule has 0 radical (unpaired) electrons. The molecule has 1 aliphatic heterocycles. The highest BCUT2D eigenvalue weighted by molar-refractivity contribution is 5.20. The van der Waals surface area contributed by atoms with Gasteiger partial charge >= 0.3 is 0 Å². The maximum Gasteiger partial charge on any atom is 0.127 e. The highest BCUT2D eigenvalue weighted by Gasteiger charge is 2.21. The Bertz CT molecular complexity index is 416.